The Bertz CT molecular complexity index is 450. The molecule has 1 aromatic rings. The van der Waals surface area contributed by atoms with Crippen molar-refractivity contribution in [2.24, 2.45) is 17.7 Å². The van der Waals surface area contributed by atoms with E-state index in [1.165, 1.54) is 0 Å². The Morgan fingerprint density at radius 1 is 1.39 bits per heavy atom. The predicted molar refractivity (Wildman–Crippen MR) is 71.0 cm³/mol. The van der Waals surface area contributed by atoms with Crippen molar-refractivity contribution in [3.8, 4) is 0 Å². The maximum absolute atomic E-state index is 12.4. The summed E-state index contributed by atoms with van der Waals surface area (Å²) in [6.45, 7) is 7.87. The van der Waals surface area contributed by atoms with Crippen LogP contribution in [0, 0.1) is 18.8 Å². The second-order valence-corrected chi connectivity index (χ2v) is 5.19. The molecule has 0 saturated carbocycles. The highest BCUT2D eigenvalue weighted by atomic mass is 16.2. The van der Waals surface area contributed by atoms with Gasteiger partial charge in [-0.2, -0.15) is 0 Å². The first kappa shape index (κ1) is 12.8. The Hall–Kier alpha value is -1.62. The monoisotopic (exact) mass is 248 g/mol. The number of nitrogens with two attached hydrogens (primary N) is 1. The van der Waals surface area contributed by atoms with Gasteiger partial charge in [0.25, 0.3) is 5.91 Å². The highest BCUT2D eigenvalue weighted by Crippen LogP contribution is 2.24. The molecule has 0 aliphatic carbocycles. The van der Waals surface area contributed by atoms with Gasteiger partial charge in [0.15, 0.2) is 0 Å². The predicted octanol–water partition coefficient (Wildman–Crippen LogP) is 1.40. The number of hydrazine groups is 1. The zero-order valence-corrected chi connectivity index (χ0v) is 11.1. The summed E-state index contributed by atoms with van der Waals surface area (Å²) in [5, 5.41) is 0. The van der Waals surface area contributed by atoms with Gasteiger partial charge in [-0.3, -0.25) is 4.79 Å². The summed E-state index contributed by atoms with van der Waals surface area (Å²) >= 11 is 0. The third-order valence-corrected chi connectivity index (χ3v) is 3.62. The lowest BCUT2D eigenvalue weighted by Crippen LogP contribution is -2.29. The Kier molecular flexibility index (Phi) is 3.52. The lowest BCUT2D eigenvalue weighted by molar-refractivity contribution is 0.0785. The van der Waals surface area contributed by atoms with Crippen molar-refractivity contribution in [3.63, 3.8) is 0 Å². The summed E-state index contributed by atoms with van der Waals surface area (Å²) in [7, 11) is 0. The van der Waals surface area contributed by atoms with E-state index in [4.69, 9.17) is 5.84 Å². The van der Waals surface area contributed by atoms with E-state index in [1.807, 2.05) is 11.8 Å². The number of anilines is 1. The van der Waals surface area contributed by atoms with Crippen LogP contribution in [0.25, 0.3) is 0 Å². The van der Waals surface area contributed by atoms with Gasteiger partial charge in [-0.15, -0.1) is 0 Å². The van der Waals surface area contributed by atoms with E-state index in [1.54, 1.807) is 12.1 Å². The molecule has 1 saturated heterocycles. The fraction of sp³-hybridized carbons (Fsp3) is 0.538. The van der Waals surface area contributed by atoms with Crippen LogP contribution in [-0.4, -0.2) is 28.9 Å². The second kappa shape index (κ2) is 4.94. The van der Waals surface area contributed by atoms with Gasteiger partial charge in [-0.05, 0) is 30.9 Å². The minimum absolute atomic E-state index is 0.0631. The molecule has 98 valence electrons. The molecule has 0 radical (unpaired) electrons. The minimum atomic E-state index is 0.0631. The molecule has 1 aromatic heterocycles. The topological polar surface area (TPSA) is 71.2 Å². The summed E-state index contributed by atoms with van der Waals surface area (Å²) in [6.07, 6.45) is 0. The van der Waals surface area contributed by atoms with Crippen LogP contribution in [0.15, 0.2) is 12.1 Å². The first-order chi connectivity index (χ1) is 8.51. The summed E-state index contributed by atoms with van der Waals surface area (Å²) in [5.74, 6) is 7.06. The molecule has 5 nitrogen and oxygen atoms in total. The number of amides is 1. The number of aryl methyl sites for hydroxylation is 1. The molecule has 0 bridgehead atoms. The van der Waals surface area contributed by atoms with Crippen LogP contribution in [0.1, 0.15) is 29.9 Å². The van der Waals surface area contributed by atoms with Crippen LogP contribution in [0.3, 0.4) is 0 Å². The van der Waals surface area contributed by atoms with Crippen molar-refractivity contribution in [2.45, 2.75) is 20.8 Å². The summed E-state index contributed by atoms with van der Waals surface area (Å²) in [5.41, 5.74) is 3.93. The van der Waals surface area contributed by atoms with E-state index in [0.29, 0.717) is 23.2 Å². The van der Waals surface area contributed by atoms with Gasteiger partial charge in [0.05, 0.1) is 0 Å². The maximum Gasteiger partial charge on any atom is 0.254 e. The molecule has 5 heteroatoms. The number of nitrogens with zero attached hydrogens (tertiary/aromatic N) is 2. The van der Waals surface area contributed by atoms with Crippen molar-refractivity contribution in [1.82, 2.24) is 9.88 Å². The first-order valence-corrected chi connectivity index (χ1v) is 6.26. The molecule has 0 spiro atoms. The van der Waals surface area contributed by atoms with Crippen molar-refractivity contribution < 1.29 is 4.79 Å². The minimum Gasteiger partial charge on any atom is -0.338 e. The standard InChI is InChI=1S/C13H20N4O/c1-8-6-17(7-9(8)2)13(18)11-4-10(3)15-12(5-11)16-14/h4-5,8-9H,6-7,14H2,1-3H3,(H,15,16). The van der Waals surface area contributed by atoms with Crippen LogP contribution in [0.2, 0.25) is 0 Å². The van der Waals surface area contributed by atoms with Crippen molar-refractivity contribution in [1.29, 1.82) is 0 Å². The van der Waals surface area contributed by atoms with Crippen molar-refractivity contribution in [2.75, 3.05) is 18.5 Å². The number of pyridine rings is 1. The molecule has 2 heterocycles. The van der Waals surface area contributed by atoms with Gasteiger partial charge < -0.3 is 10.3 Å². The van der Waals surface area contributed by atoms with Crippen LogP contribution in [-0.2, 0) is 0 Å². The van der Waals surface area contributed by atoms with E-state index < -0.39 is 0 Å². The third kappa shape index (κ3) is 2.46. The average molecular weight is 248 g/mol. The highest BCUT2D eigenvalue weighted by molar-refractivity contribution is 5.95. The third-order valence-electron chi connectivity index (χ3n) is 3.62. The van der Waals surface area contributed by atoms with Gasteiger partial charge in [0, 0.05) is 24.3 Å². The lowest BCUT2D eigenvalue weighted by Gasteiger charge is -2.16. The first-order valence-electron chi connectivity index (χ1n) is 6.26. The molecule has 3 N–H and O–H groups in total. The normalized spacial score (nSPS) is 23.2. The van der Waals surface area contributed by atoms with Gasteiger partial charge >= 0.3 is 0 Å². The molecule has 0 aromatic carbocycles. The number of rotatable bonds is 2. The molecule has 1 fully saturated rings. The lowest BCUT2D eigenvalue weighted by atomic mass is 10.0. The van der Waals surface area contributed by atoms with E-state index >= 15 is 0 Å². The fourth-order valence-corrected chi connectivity index (χ4v) is 2.34. The van der Waals surface area contributed by atoms with Crippen LogP contribution in [0.5, 0.6) is 0 Å². The number of hydrogen-bond donors (Lipinski definition) is 2. The van der Waals surface area contributed by atoms with E-state index in [0.717, 1.165) is 18.8 Å². The molecule has 18 heavy (non-hydrogen) atoms. The molecule has 2 rings (SSSR count). The number of nitrogens with one attached hydrogen (secondary N) is 1. The molecule has 1 amide bonds. The molecular formula is C13H20N4O. The zero-order chi connectivity index (χ0) is 13.3. The van der Waals surface area contributed by atoms with Crippen molar-refractivity contribution in [3.05, 3.63) is 23.4 Å². The van der Waals surface area contributed by atoms with Gasteiger partial charge in [0.1, 0.15) is 5.82 Å². The summed E-state index contributed by atoms with van der Waals surface area (Å²) < 4.78 is 0. The largest absolute Gasteiger partial charge is 0.338 e. The number of aromatic nitrogens is 1. The van der Waals surface area contributed by atoms with E-state index in [2.05, 4.69) is 24.3 Å². The number of likely N-dealkylation sites (tertiary alicyclic amines) is 1. The Morgan fingerprint density at radius 3 is 2.56 bits per heavy atom. The molecular weight excluding hydrogens is 228 g/mol. The Balaban J connectivity index is 2.21. The van der Waals surface area contributed by atoms with Gasteiger partial charge in [-0.1, -0.05) is 13.8 Å². The Morgan fingerprint density at radius 2 is 2.00 bits per heavy atom. The number of nitrogen functional groups attached to an aromatic ring is 1. The molecule has 1 aliphatic rings. The van der Waals surface area contributed by atoms with Crippen LogP contribution >= 0.6 is 0 Å². The van der Waals surface area contributed by atoms with Gasteiger partial charge in [0.2, 0.25) is 0 Å². The smallest absolute Gasteiger partial charge is 0.254 e. The number of carbonyl (C=O) groups is 1. The summed E-state index contributed by atoms with van der Waals surface area (Å²) in [4.78, 5) is 18.5. The Labute approximate surface area is 107 Å². The van der Waals surface area contributed by atoms with Crippen molar-refractivity contribution >= 4 is 11.7 Å². The summed E-state index contributed by atoms with van der Waals surface area (Å²) in [6, 6.07) is 3.50. The highest BCUT2D eigenvalue weighted by Gasteiger charge is 2.30. The molecule has 1 aliphatic heterocycles. The quantitative estimate of drug-likeness (QED) is 0.613. The second-order valence-electron chi connectivity index (χ2n) is 5.19. The van der Waals surface area contributed by atoms with Gasteiger partial charge in [-0.25, -0.2) is 10.8 Å². The van der Waals surface area contributed by atoms with Crippen LogP contribution in [0.4, 0.5) is 5.82 Å². The van der Waals surface area contributed by atoms with Crippen LogP contribution < -0.4 is 11.3 Å². The molecule has 2 unspecified atom stereocenters. The molecule has 2 atom stereocenters. The van der Waals surface area contributed by atoms with E-state index in [-0.39, 0.29) is 5.91 Å². The average Bonchev–Trinajstić information content (AvgIpc) is 2.68. The number of hydrogen-bond acceptors (Lipinski definition) is 4. The maximum atomic E-state index is 12.4. The zero-order valence-electron chi connectivity index (χ0n) is 11.1. The number of carbonyl (C=O) groups excluding carboxylic acids is 1. The fourth-order valence-electron chi connectivity index (χ4n) is 2.34. The van der Waals surface area contributed by atoms with E-state index in [9.17, 15) is 4.79 Å². The SMILES string of the molecule is Cc1cc(C(=O)N2CC(C)C(C)C2)cc(NN)n1.